The number of rotatable bonds is 4. The van der Waals surface area contributed by atoms with Crippen LogP contribution in [-0.4, -0.2) is 14.8 Å². The maximum absolute atomic E-state index is 6.23. The summed E-state index contributed by atoms with van der Waals surface area (Å²) in [6.45, 7) is 6.95. The van der Waals surface area contributed by atoms with Crippen LogP contribution in [0.2, 0.25) is 0 Å². The van der Waals surface area contributed by atoms with Crippen LogP contribution in [0.15, 0.2) is 24.3 Å². The largest absolute Gasteiger partial charge is 0.322 e. The van der Waals surface area contributed by atoms with Crippen molar-refractivity contribution in [2.45, 2.75) is 39.8 Å². The van der Waals surface area contributed by atoms with Crippen molar-refractivity contribution >= 4 is 0 Å². The molecule has 4 heteroatoms. The van der Waals surface area contributed by atoms with E-state index in [0.29, 0.717) is 0 Å². The van der Waals surface area contributed by atoms with Crippen LogP contribution in [0.1, 0.15) is 35.7 Å². The molecule has 1 unspecified atom stereocenters. The molecule has 96 valence electrons. The predicted octanol–water partition coefficient (Wildman–Crippen LogP) is 2.16. The van der Waals surface area contributed by atoms with Crippen molar-refractivity contribution in [3.63, 3.8) is 0 Å². The fourth-order valence-electron chi connectivity index (χ4n) is 2.14. The third kappa shape index (κ3) is 2.76. The van der Waals surface area contributed by atoms with Gasteiger partial charge in [0.1, 0.15) is 0 Å². The summed E-state index contributed by atoms with van der Waals surface area (Å²) in [6, 6.07) is 7.98. The topological polar surface area (TPSA) is 56.7 Å². The molecule has 0 saturated heterocycles. The molecule has 0 saturated carbocycles. The van der Waals surface area contributed by atoms with Gasteiger partial charge in [0.25, 0.3) is 0 Å². The normalized spacial score (nSPS) is 12.7. The van der Waals surface area contributed by atoms with Gasteiger partial charge in [-0.3, -0.25) is 9.67 Å². The van der Waals surface area contributed by atoms with Gasteiger partial charge in [0.15, 0.2) is 0 Å². The van der Waals surface area contributed by atoms with Crippen LogP contribution in [0.5, 0.6) is 0 Å². The molecule has 0 radical (unpaired) electrons. The molecule has 4 nitrogen and oxygen atoms in total. The summed E-state index contributed by atoms with van der Waals surface area (Å²) < 4.78 is 2.00. The van der Waals surface area contributed by atoms with E-state index in [1.807, 2.05) is 36.7 Å². The van der Waals surface area contributed by atoms with Gasteiger partial charge in [-0.05, 0) is 39.0 Å². The van der Waals surface area contributed by atoms with Crippen LogP contribution in [0.4, 0.5) is 0 Å². The first-order valence-electron chi connectivity index (χ1n) is 6.32. The standard InChI is InChI=1S/C14H20N4/c1-4-18-12(8-11(3)17-18)9-13(15)14-7-5-6-10(2)16-14/h5-8,13H,4,9,15H2,1-3H3. The third-order valence-electron chi connectivity index (χ3n) is 3.00. The predicted molar refractivity (Wildman–Crippen MR) is 72.2 cm³/mol. The zero-order chi connectivity index (χ0) is 13.1. The second-order valence-electron chi connectivity index (χ2n) is 4.61. The van der Waals surface area contributed by atoms with Gasteiger partial charge in [-0.1, -0.05) is 6.07 Å². The van der Waals surface area contributed by atoms with Crippen LogP contribution in [0.3, 0.4) is 0 Å². The lowest BCUT2D eigenvalue weighted by molar-refractivity contribution is 0.581. The SMILES string of the molecule is CCn1nc(C)cc1CC(N)c1cccc(C)n1. The number of pyridine rings is 1. The molecule has 0 aliphatic carbocycles. The Bertz CT molecular complexity index is 530. The molecule has 0 fully saturated rings. The van der Waals surface area contributed by atoms with Crippen molar-refractivity contribution in [3.8, 4) is 0 Å². The second kappa shape index (κ2) is 5.31. The Morgan fingerprint density at radius 3 is 2.72 bits per heavy atom. The molecule has 2 heterocycles. The minimum Gasteiger partial charge on any atom is -0.322 e. The summed E-state index contributed by atoms with van der Waals surface area (Å²) in [7, 11) is 0. The monoisotopic (exact) mass is 244 g/mol. The number of nitrogens with two attached hydrogens (primary N) is 1. The molecule has 2 N–H and O–H groups in total. The Kier molecular flexibility index (Phi) is 3.77. The zero-order valence-corrected chi connectivity index (χ0v) is 11.2. The van der Waals surface area contributed by atoms with Crippen LogP contribution in [0, 0.1) is 13.8 Å². The van der Waals surface area contributed by atoms with E-state index < -0.39 is 0 Å². The lowest BCUT2D eigenvalue weighted by Crippen LogP contribution is -2.17. The van der Waals surface area contributed by atoms with Crippen molar-refractivity contribution in [1.82, 2.24) is 14.8 Å². The molecule has 2 aromatic heterocycles. The van der Waals surface area contributed by atoms with Gasteiger partial charge >= 0.3 is 0 Å². The minimum atomic E-state index is -0.0775. The summed E-state index contributed by atoms with van der Waals surface area (Å²) in [4.78, 5) is 4.48. The van der Waals surface area contributed by atoms with Gasteiger partial charge in [0.2, 0.25) is 0 Å². The van der Waals surface area contributed by atoms with E-state index in [0.717, 1.165) is 30.0 Å². The van der Waals surface area contributed by atoms with Gasteiger partial charge < -0.3 is 5.73 Å². The van der Waals surface area contributed by atoms with Gasteiger partial charge in [-0.15, -0.1) is 0 Å². The van der Waals surface area contributed by atoms with Gasteiger partial charge in [-0.25, -0.2) is 0 Å². The number of aromatic nitrogens is 3. The number of nitrogens with zero attached hydrogens (tertiary/aromatic N) is 3. The average molecular weight is 244 g/mol. The molecule has 0 aromatic carbocycles. The Morgan fingerprint density at radius 2 is 2.06 bits per heavy atom. The fraction of sp³-hybridized carbons (Fsp3) is 0.429. The van der Waals surface area contributed by atoms with Gasteiger partial charge in [0, 0.05) is 24.4 Å². The minimum absolute atomic E-state index is 0.0775. The highest BCUT2D eigenvalue weighted by Gasteiger charge is 2.12. The van der Waals surface area contributed by atoms with E-state index in [9.17, 15) is 0 Å². The fourth-order valence-corrected chi connectivity index (χ4v) is 2.14. The van der Waals surface area contributed by atoms with E-state index >= 15 is 0 Å². The maximum atomic E-state index is 6.23. The molecule has 0 spiro atoms. The molecule has 0 aliphatic heterocycles. The number of aryl methyl sites for hydroxylation is 3. The maximum Gasteiger partial charge on any atom is 0.0596 e. The molecular formula is C14H20N4. The first-order valence-corrected chi connectivity index (χ1v) is 6.32. The quantitative estimate of drug-likeness (QED) is 0.896. The summed E-state index contributed by atoms with van der Waals surface area (Å²) in [5.41, 5.74) is 10.4. The zero-order valence-electron chi connectivity index (χ0n) is 11.2. The second-order valence-corrected chi connectivity index (χ2v) is 4.61. The third-order valence-corrected chi connectivity index (χ3v) is 3.00. The Hall–Kier alpha value is -1.68. The Balaban J connectivity index is 2.18. The molecule has 2 rings (SSSR count). The molecule has 0 aliphatic rings. The van der Waals surface area contributed by atoms with E-state index in [1.165, 1.54) is 5.69 Å². The lowest BCUT2D eigenvalue weighted by atomic mass is 10.1. The van der Waals surface area contributed by atoms with Crippen LogP contribution in [0.25, 0.3) is 0 Å². The Morgan fingerprint density at radius 1 is 1.28 bits per heavy atom. The van der Waals surface area contributed by atoms with Gasteiger partial charge in [0.05, 0.1) is 17.4 Å². The highest BCUT2D eigenvalue weighted by atomic mass is 15.3. The summed E-state index contributed by atoms with van der Waals surface area (Å²) >= 11 is 0. The van der Waals surface area contributed by atoms with E-state index in [-0.39, 0.29) is 6.04 Å². The van der Waals surface area contributed by atoms with E-state index in [1.54, 1.807) is 0 Å². The molecule has 0 bridgehead atoms. The van der Waals surface area contributed by atoms with Crippen molar-refractivity contribution in [2.75, 3.05) is 0 Å². The highest BCUT2D eigenvalue weighted by Crippen LogP contribution is 2.15. The van der Waals surface area contributed by atoms with Crippen LogP contribution < -0.4 is 5.73 Å². The first kappa shape index (κ1) is 12.8. The highest BCUT2D eigenvalue weighted by molar-refractivity contribution is 5.17. The number of hydrogen-bond donors (Lipinski definition) is 1. The Labute approximate surface area is 108 Å². The summed E-state index contributed by atoms with van der Waals surface area (Å²) in [6.07, 6.45) is 0.769. The van der Waals surface area contributed by atoms with Crippen LogP contribution >= 0.6 is 0 Å². The van der Waals surface area contributed by atoms with Crippen molar-refractivity contribution in [3.05, 3.63) is 47.0 Å². The smallest absolute Gasteiger partial charge is 0.0596 e. The van der Waals surface area contributed by atoms with Crippen molar-refractivity contribution in [2.24, 2.45) is 5.73 Å². The van der Waals surface area contributed by atoms with Crippen LogP contribution in [-0.2, 0) is 13.0 Å². The van der Waals surface area contributed by atoms with Crippen molar-refractivity contribution < 1.29 is 0 Å². The van der Waals surface area contributed by atoms with E-state index in [4.69, 9.17) is 5.73 Å². The lowest BCUT2D eigenvalue weighted by Gasteiger charge is -2.12. The summed E-state index contributed by atoms with van der Waals surface area (Å²) in [5, 5.41) is 4.43. The average Bonchev–Trinajstić information content (AvgIpc) is 2.69. The molecule has 1 atom stereocenters. The summed E-state index contributed by atoms with van der Waals surface area (Å²) in [5.74, 6) is 0. The molecule has 18 heavy (non-hydrogen) atoms. The van der Waals surface area contributed by atoms with Crippen molar-refractivity contribution in [1.29, 1.82) is 0 Å². The molecule has 2 aromatic rings. The first-order chi connectivity index (χ1) is 8.60. The van der Waals surface area contributed by atoms with E-state index in [2.05, 4.69) is 23.1 Å². The molecule has 0 amide bonds. The van der Waals surface area contributed by atoms with Gasteiger partial charge in [-0.2, -0.15) is 5.10 Å². The molecular weight excluding hydrogens is 224 g/mol. The number of hydrogen-bond acceptors (Lipinski definition) is 3.